The van der Waals surface area contributed by atoms with Gasteiger partial charge >= 0.3 is 5.97 Å². The molecule has 0 radical (unpaired) electrons. The zero-order valence-electron chi connectivity index (χ0n) is 13.7. The second-order valence-electron chi connectivity index (χ2n) is 4.83. The number of ether oxygens (including phenoxy) is 2. The molecule has 6 nitrogen and oxygen atoms in total. The summed E-state index contributed by atoms with van der Waals surface area (Å²) in [5.41, 5.74) is 0.992. The van der Waals surface area contributed by atoms with Gasteiger partial charge in [0, 0.05) is 30.7 Å². The lowest BCUT2D eigenvalue weighted by Crippen LogP contribution is -2.23. The average Bonchev–Trinajstić information content (AvgIpc) is 2.57. The number of rotatable bonds is 5. The van der Waals surface area contributed by atoms with E-state index in [4.69, 9.17) is 9.47 Å². The molecule has 0 atom stereocenters. The van der Waals surface area contributed by atoms with Crippen LogP contribution in [0.4, 0.5) is 0 Å². The van der Waals surface area contributed by atoms with Crippen LogP contribution >= 0.6 is 0 Å². The summed E-state index contributed by atoms with van der Waals surface area (Å²) in [6.07, 6.45) is 13.6. The number of pyridine rings is 1. The van der Waals surface area contributed by atoms with E-state index in [9.17, 15) is 9.90 Å². The van der Waals surface area contributed by atoms with Crippen LogP contribution in [-0.4, -0.2) is 24.1 Å². The van der Waals surface area contributed by atoms with E-state index >= 15 is 0 Å². The smallest absolute Gasteiger partial charge is 0.396 e. The largest absolute Gasteiger partial charge is 0.613 e. The minimum absolute atomic E-state index is 0.348. The SMILES string of the molecule is CCOC(=O)C=[n+]1ccc(=C2C=CN(/C=C(\[O-])OCC)C=C2)cc1. The lowest BCUT2D eigenvalue weighted by atomic mass is 10.1. The van der Waals surface area contributed by atoms with E-state index in [1.54, 1.807) is 47.8 Å². The summed E-state index contributed by atoms with van der Waals surface area (Å²) in [7, 11) is 0. The number of carbonyl (C=O) groups is 1. The molecule has 0 amide bonds. The Morgan fingerprint density at radius 1 is 1.17 bits per heavy atom. The van der Waals surface area contributed by atoms with Gasteiger partial charge in [-0.1, -0.05) is 6.92 Å². The molecule has 126 valence electrons. The number of allylic oxidation sites excluding steroid dienone is 2. The Balaban J connectivity index is 2.16. The minimum Gasteiger partial charge on any atom is -0.613 e. The normalized spacial score (nSPS) is 13.8. The summed E-state index contributed by atoms with van der Waals surface area (Å²) in [5, 5.41) is 12.4. The van der Waals surface area contributed by atoms with Crippen molar-refractivity contribution in [2.24, 2.45) is 0 Å². The van der Waals surface area contributed by atoms with E-state index < -0.39 is 0 Å². The molecule has 1 aromatic rings. The van der Waals surface area contributed by atoms with Crippen LogP contribution < -0.4 is 14.6 Å². The number of aromatic nitrogens is 1. The lowest BCUT2D eigenvalue weighted by molar-refractivity contribution is -0.507. The number of esters is 1. The summed E-state index contributed by atoms with van der Waals surface area (Å²) in [6, 6.07) is 3.79. The summed E-state index contributed by atoms with van der Waals surface area (Å²) in [4.78, 5) is 13.0. The molecule has 1 aliphatic rings. The molecule has 1 aromatic heterocycles. The number of hydrogen-bond acceptors (Lipinski definition) is 5. The Labute approximate surface area is 140 Å². The molecule has 0 unspecified atom stereocenters. The summed E-state index contributed by atoms with van der Waals surface area (Å²) >= 11 is 0. The van der Waals surface area contributed by atoms with Gasteiger partial charge in [0.2, 0.25) is 0 Å². The molecule has 0 aliphatic carbocycles. The van der Waals surface area contributed by atoms with Gasteiger partial charge in [-0.05, 0) is 36.5 Å². The Morgan fingerprint density at radius 2 is 1.79 bits per heavy atom. The molecule has 1 aliphatic heterocycles. The highest BCUT2D eigenvalue weighted by Crippen LogP contribution is 2.10. The predicted molar refractivity (Wildman–Crippen MR) is 85.8 cm³/mol. The van der Waals surface area contributed by atoms with Gasteiger partial charge in [0.05, 0.1) is 12.6 Å². The standard InChI is InChI=1S/C18H20N2O4/c1-3-23-17(21)13-19-9-5-15(6-10-19)16-7-11-20(12-8-16)14-18(22)24-4-2/h5-14H,3-4H2,1-2H3/b17-13+. The quantitative estimate of drug-likeness (QED) is 0.440. The van der Waals surface area contributed by atoms with Crippen LogP contribution in [0.2, 0.25) is 0 Å². The lowest BCUT2D eigenvalue weighted by Gasteiger charge is -2.19. The van der Waals surface area contributed by atoms with Crippen LogP contribution in [0, 0.1) is 6.21 Å². The molecule has 0 bridgehead atoms. The van der Waals surface area contributed by atoms with Crippen molar-refractivity contribution in [1.29, 1.82) is 0 Å². The Morgan fingerprint density at radius 3 is 2.38 bits per heavy atom. The van der Waals surface area contributed by atoms with Crippen molar-refractivity contribution in [2.75, 3.05) is 13.2 Å². The third kappa shape index (κ3) is 5.01. The monoisotopic (exact) mass is 328 g/mol. The second-order valence-corrected chi connectivity index (χ2v) is 4.83. The van der Waals surface area contributed by atoms with E-state index in [-0.39, 0.29) is 11.9 Å². The van der Waals surface area contributed by atoms with Gasteiger partial charge in [-0.2, -0.15) is 4.24 Å². The van der Waals surface area contributed by atoms with Gasteiger partial charge in [0.15, 0.2) is 12.4 Å². The fraction of sp³-hybridized carbons (Fsp3) is 0.222. The zero-order valence-corrected chi connectivity index (χ0v) is 13.7. The van der Waals surface area contributed by atoms with Crippen LogP contribution in [0.5, 0.6) is 0 Å². The van der Waals surface area contributed by atoms with Crippen LogP contribution in [0.15, 0.2) is 61.2 Å². The fourth-order valence-corrected chi connectivity index (χ4v) is 2.04. The molecule has 24 heavy (non-hydrogen) atoms. The molecule has 2 heterocycles. The van der Waals surface area contributed by atoms with E-state index in [0.29, 0.717) is 13.2 Å². The van der Waals surface area contributed by atoms with E-state index in [1.165, 1.54) is 12.4 Å². The first-order valence-electron chi connectivity index (χ1n) is 7.67. The van der Waals surface area contributed by atoms with Gasteiger partial charge in [-0.25, -0.2) is 4.79 Å². The van der Waals surface area contributed by atoms with Gasteiger partial charge in [0.25, 0.3) is 6.21 Å². The summed E-state index contributed by atoms with van der Waals surface area (Å²) in [5.74, 6) is -0.768. The molecule has 2 rings (SSSR count). The van der Waals surface area contributed by atoms with Crippen molar-refractivity contribution >= 4 is 11.5 Å². The van der Waals surface area contributed by atoms with Crippen LogP contribution in [0.1, 0.15) is 13.8 Å². The molecule has 0 aromatic carbocycles. The topological polar surface area (TPSA) is 67.7 Å². The third-order valence-electron chi connectivity index (χ3n) is 3.12. The average molecular weight is 328 g/mol. The van der Waals surface area contributed by atoms with Crippen molar-refractivity contribution in [3.8, 4) is 0 Å². The third-order valence-corrected chi connectivity index (χ3v) is 3.12. The number of nitrogens with zero attached hydrogens (tertiary/aromatic N) is 2. The summed E-state index contributed by atoms with van der Waals surface area (Å²) in [6.45, 7) is 4.22. The van der Waals surface area contributed by atoms with Gasteiger partial charge in [0.1, 0.15) is 0 Å². The first-order valence-corrected chi connectivity index (χ1v) is 7.67. The predicted octanol–water partition coefficient (Wildman–Crippen LogP) is 0.236. The maximum Gasteiger partial charge on any atom is 0.396 e. The first-order chi connectivity index (χ1) is 11.6. The maximum atomic E-state index is 11.4. The van der Waals surface area contributed by atoms with Crippen molar-refractivity contribution in [3.63, 3.8) is 0 Å². The van der Waals surface area contributed by atoms with Crippen molar-refractivity contribution < 1.29 is 23.6 Å². The minimum atomic E-state index is -0.384. The zero-order chi connectivity index (χ0) is 17.4. The fourth-order valence-electron chi connectivity index (χ4n) is 2.04. The Kier molecular flexibility index (Phi) is 6.19. The van der Waals surface area contributed by atoms with Crippen molar-refractivity contribution in [2.45, 2.75) is 13.8 Å². The van der Waals surface area contributed by atoms with E-state index in [1.807, 2.05) is 24.3 Å². The van der Waals surface area contributed by atoms with E-state index in [2.05, 4.69) is 0 Å². The highest BCUT2D eigenvalue weighted by molar-refractivity contribution is 5.75. The van der Waals surface area contributed by atoms with Crippen LogP contribution in [0.3, 0.4) is 0 Å². The highest BCUT2D eigenvalue weighted by atomic mass is 16.6. The second kappa shape index (κ2) is 8.57. The Hall–Kier alpha value is -3.02. The molecular weight excluding hydrogens is 308 g/mol. The molecule has 0 spiro atoms. The van der Waals surface area contributed by atoms with Crippen LogP contribution in [-0.2, 0) is 14.3 Å². The van der Waals surface area contributed by atoms with Gasteiger partial charge < -0.3 is 19.5 Å². The Bertz CT molecular complexity index is 754. The molecular formula is C18H20N2O4. The van der Waals surface area contributed by atoms with Crippen molar-refractivity contribution in [1.82, 2.24) is 4.90 Å². The molecule has 0 fully saturated rings. The molecule has 0 N–H and O–H groups in total. The first kappa shape index (κ1) is 17.3. The maximum absolute atomic E-state index is 11.4. The van der Waals surface area contributed by atoms with E-state index in [0.717, 1.165) is 10.8 Å². The van der Waals surface area contributed by atoms with Gasteiger partial charge in [-0.15, -0.1) is 0 Å². The van der Waals surface area contributed by atoms with Crippen molar-refractivity contribution in [3.05, 3.63) is 72.7 Å². The summed E-state index contributed by atoms with van der Waals surface area (Å²) < 4.78 is 11.4. The number of hydrogen-bond donors (Lipinski definition) is 0. The van der Waals surface area contributed by atoms with Gasteiger partial charge in [-0.3, -0.25) is 0 Å². The highest BCUT2D eigenvalue weighted by Gasteiger charge is 2.02. The molecule has 0 saturated carbocycles. The number of carbonyl (C=O) groups excluding carboxylic acids is 1. The van der Waals surface area contributed by atoms with Crippen LogP contribution in [0.25, 0.3) is 5.57 Å². The molecule has 6 heteroatoms. The molecule has 0 saturated heterocycles.